The van der Waals surface area contributed by atoms with Crippen LogP contribution in [0.4, 0.5) is 0 Å². The van der Waals surface area contributed by atoms with Crippen LogP contribution >= 0.6 is 11.3 Å². The number of aromatic nitrogens is 2. The first-order chi connectivity index (χ1) is 17.7. The summed E-state index contributed by atoms with van der Waals surface area (Å²) in [7, 11) is 0. The van der Waals surface area contributed by atoms with Crippen molar-refractivity contribution in [1.29, 1.82) is 10.5 Å². The molecule has 5 aromatic rings. The molecule has 0 saturated heterocycles. The number of allylic oxidation sites excluding steroid dienone is 3. The molecule has 1 aliphatic carbocycles. The normalized spacial score (nSPS) is 13.6. The highest BCUT2D eigenvalue weighted by molar-refractivity contribution is 7.21. The van der Waals surface area contributed by atoms with Crippen LogP contribution in [0.25, 0.3) is 38.1 Å². The fraction of sp³-hybridized carbons (Fsp3) is 0. The van der Waals surface area contributed by atoms with E-state index in [1.54, 1.807) is 41.7 Å². The Morgan fingerprint density at radius 2 is 1.50 bits per heavy atom. The van der Waals surface area contributed by atoms with Crippen molar-refractivity contribution in [1.82, 2.24) is 9.55 Å². The third kappa shape index (κ3) is 3.37. The van der Waals surface area contributed by atoms with Gasteiger partial charge in [-0.15, -0.1) is 11.3 Å². The van der Waals surface area contributed by atoms with E-state index in [9.17, 15) is 15.3 Å². The number of ketones is 1. The summed E-state index contributed by atoms with van der Waals surface area (Å²) in [6, 6.07) is 33.1. The largest absolute Gasteiger partial charge is 0.292 e. The maximum absolute atomic E-state index is 13.4. The van der Waals surface area contributed by atoms with Gasteiger partial charge in [0.25, 0.3) is 0 Å². The third-order valence-corrected chi connectivity index (χ3v) is 7.22. The minimum absolute atomic E-state index is 0.0921. The fourth-order valence-electron chi connectivity index (χ4n) is 4.56. The van der Waals surface area contributed by atoms with E-state index in [-0.39, 0.29) is 11.4 Å². The molecule has 5 nitrogen and oxygen atoms in total. The van der Waals surface area contributed by atoms with Gasteiger partial charge in [0.1, 0.15) is 28.4 Å². The number of nitriles is 2. The Morgan fingerprint density at radius 3 is 2.19 bits per heavy atom. The van der Waals surface area contributed by atoms with Crippen molar-refractivity contribution in [2.75, 3.05) is 0 Å². The van der Waals surface area contributed by atoms with Crippen LogP contribution in [-0.2, 0) is 0 Å². The molecule has 36 heavy (non-hydrogen) atoms. The van der Waals surface area contributed by atoms with E-state index in [1.807, 2.05) is 65.2 Å². The minimum Gasteiger partial charge on any atom is -0.292 e. The van der Waals surface area contributed by atoms with Gasteiger partial charge in [-0.1, -0.05) is 72.8 Å². The molecule has 0 N–H and O–H groups in total. The number of benzene rings is 3. The number of fused-ring (bicyclic) bond motifs is 2. The maximum atomic E-state index is 13.4. The average Bonchev–Trinajstić information content (AvgIpc) is 3.57. The molecular formula is C30H16N4OS. The van der Waals surface area contributed by atoms with Crippen molar-refractivity contribution >= 4 is 39.1 Å². The molecule has 0 fully saturated rings. The van der Waals surface area contributed by atoms with Crippen molar-refractivity contribution in [3.63, 3.8) is 0 Å². The molecule has 0 unspecified atom stereocenters. The van der Waals surface area contributed by atoms with Crippen LogP contribution in [0.1, 0.15) is 21.7 Å². The summed E-state index contributed by atoms with van der Waals surface area (Å²) in [6.07, 6.45) is 1.70. The molecule has 0 radical (unpaired) electrons. The van der Waals surface area contributed by atoms with Crippen LogP contribution in [-0.4, -0.2) is 15.3 Å². The number of carbonyl (C=O) groups excluding carboxylic acids is 1. The molecule has 3 aromatic carbocycles. The summed E-state index contributed by atoms with van der Waals surface area (Å²) in [4.78, 5) is 20.3. The fourth-order valence-corrected chi connectivity index (χ4v) is 5.58. The van der Waals surface area contributed by atoms with Crippen molar-refractivity contribution < 1.29 is 4.79 Å². The van der Waals surface area contributed by atoms with E-state index in [0.29, 0.717) is 28.1 Å². The Hall–Kier alpha value is -5.04. The molecule has 0 amide bonds. The summed E-state index contributed by atoms with van der Waals surface area (Å²) < 4.78 is 2.01. The van der Waals surface area contributed by atoms with Gasteiger partial charge in [0.05, 0.1) is 5.52 Å². The zero-order chi connectivity index (χ0) is 24.6. The summed E-state index contributed by atoms with van der Waals surface area (Å²) in [5.41, 5.74) is 4.57. The van der Waals surface area contributed by atoms with E-state index in [4.69, 9.17) is 4.98 Å². The molecule has 168 valence electrons. The van der Waals surface area contributed by atoms with Gasteiger partial charge in [0.2, 0.25) is 0 Å². The lowest BCUT2D eigenvalue weighted by atomic mass is 9.99. The summed E-state index contributed by atoms with van der Waals surface area (Å²) in [5.74, 6) is 0.338. The smallest absolute Gasteiger partial charge is 0.194 e. The van der Waals surface area contributed by atoms with Gasteiger partial charge < -0.3 is 0 Å². The Balaban J connectivity index is 1.61. The second-order valence-electron chi connectivity index (χ2n) is 8.21. The molecule has 6 rings (SSSR count). The molecule has 0 bridgehead atoms. The molecule has 0 aliphatic heterocycles. The van der Waals surface area contributed by atoms with Crippen molar-refractivity contribution in [3.05, 3.63) is 119 Å². The van der Waals surface area contributed by atoms with Gasteiger partial charge in [-0.05, 0) is 35.4 Å². The van der Waals surface area contributed by atoms with Crippen LogP contribution < -0.4 is 0 Å². The first-order valence-corrected chi connectivity index (χ1v) is 12.0. The Labute approximate surface area is 211 Å². The van der Waals surface area contributed by atoms with Gasteiger partial charge in [-0.3, -0.25) is 9.36 Å². The first kappa shape index (κ1) is 21.5. The summed E-state index contributed by atoms with van der Waals surface area (Å²) in [6.45, 7) is 0. The van der Waals surface area contributed by atoms with Gasteiger partial charge in [-0.25, -0.2) is 4.98 Å². The Morgan fingerprint density at radius 1 is 0.861 bits per heavy atom. The lowest BCUT2D eigenvalue weighted by Crippen LogP contribution is -2.01. The number of thiophene rings is 1. The van der Waals surface area contributed by atoms with E-state index in [2.05, 4.69) is 18.2 Å². The van der Waals surface area contributed by atoms with Crippen LogP contribution in [0.15, 0.2) is 102 Å². The van der Waals surface area contributed by atoms with Crippen LogP contribution in [0, 0.1) is 22.7 Å². The lowest BCUT2D eigenvalue weighted by molar-refractivity contribution is 0.104. The van der Waals surface area contributed by atoms with E-state index < -0.39 is 0 Å². The van der Waals surface area contributed by atoms with Crippen molar-refractivity contribution in [2.24, 2.45) is 0 Å². The number of nitrogens with zero attached hydrogens (tertiary/aromatic N) is 4. The lowest BCUT2D eigenvalue weighted by Gasteiger charge is -2.08. The second-order valence-corrected chi connectivity index (χ2v) is 9.25. The van der Waals surface area contributed by atoms with Crippen molar-refractivity contribution in [2.45, 2.75) is 0 Å². The SMILES string of the molecule is N#CC(C#N)=C1/C(=C/c2nc3sc(-c4ccccc4)cc3n2-c2ccccc2)C(=O)c2ccccc21. The third-order valence-electron chi connectivity index (χ3n) is 6.15. The number of rotatable bonds is 3. The molecule has 1 aliphatic rings. The molecule has 0 spiro atoms. The zero-order valence-electron chi connectivity index (χ0n) is 18.8. The topological polar surface area (TPSA) is 82.5 Å². The van der Waals surface area contributed by atoms with Gasteiger partial charge >= 0.3 is 0 Å². The minimum atomic E-state index is -0.223. The van der Waals surface area contributed by atoms with Crippen LogP contribution in [0.5, 0.6) is 0 Å². The van der Waals surface area contributed by atoms with E-state index in [1.165, 1.54) is 0 Å². The highest BCUT2D eigenvalue weighted by Crippen LogP contribution is 2.41. The number of para-hydroxylation sites is 1. The molecule has 2 heterocycles. The van der Waals surface area contributed by atoms with E-state index in [0.717, 1.165) is 26.5 Å². The van der Waals surface area contributed by atoms with Gasteiger partial charge in [0.15, 0.2) is 5.78 Å². The monoisotopic (exact) mass is 480 g/mol. The standard InChI is InChI=1S/C30H16N4OS/c31-17-20(18-32)28-22-13-7-8-14-23(22)29(35)24(28)15-27-33-30-25(34(27)21-11-5-2-6-12-21)16-26(36-30)19-9-3-1-4-10-19/h1-16H/b24-15-. The molecule has 0 saturated carbocycles. The highest BCUT2D eigenvalue weighted by atomic mass is 32.1. The van der Waals surface area contributed by atoms with Crippen LogP contribution in [0.3, 0.4) is 0 Å². The Kier molecular flexibility index (Phi) is 5.15. The number of imidazole rings is 1. The van der Waals surface area contributed by atoms with Gasteiger partial charge in [0, 0.05) is 27.3 Å². The summed E-state index contributed by atoms with van der Waals surface area (Å²) in [5, 5.41) is 19.3. The number of carbonyl (C=O) groups is 1. The first-order valence-electron chi connectivity index (χ1n) is 11.2. The number of hydrogen-bond acceptors (Lipinski definition) is 5. The summed E-state index contributed by atoms with van der Waals surface area (Å²) >= 11 is 1.58. The number of hydrogen-bond donors (Lipinski definition) is 0. The number of Topliss-reactive ketones (excluding diaryl/α,β-unsaturated/α-hetero) is 1. The predicted molar refractivity (Wildman–Crippen MR) is 141 cm³/mol. The van der Waals surface area contributed by atoms with Crippen molar-refractivity contribution in [3.8, 4) is 28.3 Å². The quantitative estimate of drug-likeness (QED) is 0.209. The van der Waals surface area contributed by atoms with Crippen LogP contribution in [0.2, 0.25) is 0 Å². The molecule has 6 heteroatoms. The molecule has 0 atom stereocenters. The highest BCUT2D eigenvalue weighted by Gasteiger charge is 2.33. The second kappa shape index (κ2) is 8.63. The molecular weight excluding hydrogens is 464 g/mol. The molecule has 2 aromatic heterocycles. The maximum Gasteiger partial charge on any atom is 0.194 e. The Bertz CT molecular complexity index is 1790. The average molecular weight is 481 g/mol. The zero-order valence-corrected chi connectivity index (χ0v) is 19.7. The predicted octanol–water partition coefficient (Wildman–Crippen LogP) is 6.83. The van der Waals surface area contributed by atoms with E-state index >= 15 is 0 Å². The van der Waals surface area contributed by atoms with Gasteiger partial charge in [-0.2, -0.15) is 10.5 Å².